The van der Waals surface area contributed by atoms with Gasteiger partial charge in [-0.05, 0) is 11.6 Å². The van der Waals surface area contributed by atoms with Crippen molar-refractivity contribution in [1.29, 1.82) is 0 Å². The molecule has 1 amide bonds. The summed E-state index contributed by atoms with van der Waals surface area (Å²) in [6.45, 7) is 9.02. The van der Waals surface area contributed by atoms with Crippen LogP contribution in [0.15, 0.2) is 30.3 Å². The molecule has 0 saturated heterocycles. The molecule has 0 bridgehead atoms. The topological polar surface area (TPSA) is 56.8 Å². The maximum absolute atomic E-state index is 11.4. The van der Waals surface area contributed by atoms with E-state index in [0.29, 0.717) is 13.2 Å². The Labute approximate surface area is 134 Å². The SMILES string of the molecule is C[Si](C)(C)CCOCOCCNC(=O)OCc1ccccc1. The van der Waals surface area contributed by atoms with Crippen LogP contribution < -0.4 is 5.32 Å². The van der Waals surface area contributed by atoms with Gasteiger partial charge in [-0.15, -0.1) is 0 Å². The third kappa shape index (κ3) is 10.4. The van der Waals surface area contributed by atoms with E-state index in [1.807, 2.05) is 30.3 Å². The van der Waals surface area contributed by atoms with Gasteiger partial charge in [0, 0.05) is 21.2 Å². The summed E-state index contributed by atoms with van der Waals surface area (Å²) in [4.78, 5) is 11.4. The first-order chi connectivity index (χ1) is 10.5. The van der Waals surface area contributed by atoms with E-state index in [0.717, 1.165) is 18.2 Å². The van der Waals surface area contributed by atoms with Crippen molar-refractivity contribution in [3.8, 4) is 0 Å². The lowest BCUT2D eigenvalue weighted by atomic mass is 10.2. The molecule has 1 rings (SSSR count). The highest BCUT2D eigenvalue weighted by molar-refractivity contribution is 6.76. The summed E-state index contributed by atoms with van der Waals surface area (Å²) in [7, 11) is -1.04. The summed E-state index contributed by atoms with van der Waals surface area (Å²) < 4.78 is 15.8. The molecule has 0 heterocycles. The molecule has 1 aromatic rings. The van der Waals surface area contributed by atoms with Gasteiger partial charge in [-0.1, -0.05) is 50.0 Å². The second-order valence-electron chi connectivity index (χ2n) is 6.23. The first-order valence-corrected chi connectivity index (χ1v) is 11.3. The van der Waals surface area contributed by atoms with Gasteiger partial charge in [-0.3, -0.25) is 0 Å². The molecule has 0 radical (unpaired) electrons. The van der Waals surface area contributed by atoms with Crippen molar-refractivity contribution in [2.75, 3.05) is 26.6 Å². The Hall–Kier alpha value is -1.37. The zero-order valence-corrected chi connectivity index (χ0v) is 14.8. The molecule has 0 aromatic heterocycles. The molecule has 5 nitrogen and oxygen atoms in total. The summed E-state index contributed by atoms with van der Waals surface area (Å²) in [5, 5.41) is 2.63. The molecule has 0 aliphatic carbocycles. The molecule has 0 saturated carbocycles. The number of nitrogens with one attached hydrogen (secondary N) is 1. The lowest BCUT2D eigenvalue weighted by Gasteiger charge is -2.15. The number of ether oxygens (including phenoxy) is 3. The minimum Gasteiger partial charge on any atom is -0.445 e. The summed E-state index contributed by atoms with van der Waals surface area (Å²) in [5.74, 6) is 0. The van der Waals surface area contributed by atoms with Crippen molar-refractivity contribution < 1.29 is 19.0 Å². The van der Waals surface area contributed by atoms with E-state index >= 15 is 0 Å². The van der Waals surface area contributed by atoms with Crippen LogP contribution in [0.4, 0.5) is 4.79 Å². The zero-order chi connectivity index (χ0) is 16.3. The van der Waals surface area contributed by atoms with E-state index in [1.165, 1.54) is 0 Å². The van der Waals surface area contributed by atoms with Crippen LogP contribution in [0.1, 0.15) is 5.56 Å². The molecule has 0 unspecified atom stereocenters. The van der Waals surface area contributed by atoms with E-state index in [-0.39, 0.29) is 13.4 Å². The molecular weight excluding hydrogens is 298 g/mol. The fourth-order valence-electron chi connectivity index (χ4n) is 1.55. The van der Waals surface area contributed by atoms with Crippen LogP contribution in [-0.2, 0) is 20.8 Å². The fourth-order valence-corrected chi connectivity index (χ4v) is 2.31. The minimum atomic E-state index is -1.04. The highest BCUT2D eigenvalue weighted by Crippen LogP contribution is 2.07. The Balaban J connectivity index is 1.93. The molecule has 1 N–H and O–H groups in total. The highest BCUT2D eigenvalue weighted by Gasteiger charge is 2.11. The Morgan fingerprint density at radius 3 is 2.45 bits per heavy atom. The molecule has 0 atom stereocenters. The van der Waals surface area contributed by atoms with Crippen molar-refractivity contribution in [3.63, 3.8) is 0 Å². The average molecular weight is 325 g/mol. The third-order valence-electron chi connectivity index (χ3n) is 2.89. The van der Waals surface area contributed by atoms with Gasteiger partial charge < -0.3 is 19.5 Å². The second kappa shape index (κ2) is 10.4. The smallest absolute Gasteiger partial charge is 0.407 e. The van der Waals surface area contributed by atoms with Crippen LogP contribution in [0.5, 0.6) is 0 Å². The first kappa shape index (κ1) is 18.7. The molecule has 0 fully saturated rings. The minimum absolute atomic E-state index is 0.269. The number of carbonyl (C=O) groups excluding carboxylic acids is 1. The fraction of sp³-hybridized carbons (Fsp3) is 0.562. The van der Waals surface area contributed by atoms with Gasteiger partial charge in [0.15, 0.2) is 0 Å². The van der Waals surface area contributed by atoms with Gasteiger partial charge in [0.05, 0.1) is 6.61 Å². The van der Waals surface area contributed by atoms with E-state index in [1.54, 1.807) is 0 Å². The normalized spacial score (nSPS) is 11.2. The number of carbonyl (C=O) groups is 1. The third-order valence-corrected chi connectivity index (χ3v) is 4.60. The average Bonchev–Trinajstić information content (AvgIpc) is 2.48. The van der Waals surface area contributed by atoms with Crippen LogP contribution in [0, 0.1) is 0 Å². The molecule has 0 spiro atoms. The summed E-state index contributed by atoms with van der Waals surface area (Å²) in [6, 6.07) is 10.7. The van der Waals surface area contributed by atoms with Gasteiger partial charge in [0.1, 0.15) is 13.4 Å². The van der Waals surface area contributed by atoms with Gasteiger partial charge in [-0.2, -0.15) is 0 Å². The Bertz CT molecular complexity index is 420. The van der Waals surface area contributed by atoms with E-state index in [9.17, 15) is 4.79 Å². The summed E-state index contributed by atoms with van der Waals surface area (Å²) in [5.41, 5.74) is 0.963. The van der Waals surface area contributed by atoms with Crippen molar-refractivity contribution in [1.82, 2.24) is 5.32 Å². The molecule has 0 aliphatic heterocycles. The van der Waals surface area contributed by atoms with Crippen molar-refractivity contribution >= 4 is 14.2 Å². The Morgan fingerprint density at radius 2 is 1.77 bits per heavy atom. The Morgan fingerprint density at radius 1 is 1.09 bits per heavy atom. The van der Waals surface area contributed by atoms with Crippen LogP contribution in [0.3, 0.4) is 0 Å². The maximum Gasteiger partial charge on any atom is 0.407 e. The summed E-state index contributed by atoms with van der Waals surface area (Å²) >= 11 is 0. The van der Waals surface area contributed by atoms with Gasteiger partial charge in [-0.25, -0.2) is 4.79 Å². The second-order valence-corrected chi connectivity index (χ2v) is 11.9. The lowest BCUT2D eigenvalue weighted by molar-refractivity contribution is -0.0479. The molecular formula is C16H27NO4Si. The van der Waals surface area contributed by atoms with E-state index in [4.69, 9.17) is 14.2 Å². The zero-order valence-electron chi connectivity index (χ0n) is 13.8. The molecule has 124 valence electrons. The largest absolute Gasteiger partial charge is 0.445 e. The van der Waals surface area contributed by atoms with Crippen LogP contribution in [0.25, 0.3) is 0 Å². The van der Waals surface area contributed by atoms with Gasteiger partial charge in [0.2, 0.25) is 0 Å². The van der Waals surface area contributed by atoms with Crippen LogP contribution >= 0.6 is 0 Å². The van der Waals surface area contributed by atoms with Crippen molar-refractivity contribution in [2.24, 2.45) is 0 Å². The Kier molecular flexibility index (Phi) is 8.80. The molecule has 0 aliphatic rings. The number of alkyl carbamates (subject to hydrolysis) is 1. The number of amides is 1. The predicted molar refractivity (Wildman–Crippen MR) is 89.6 cm³/mol. The van der Waals surface area contributed by atoms with E-state index < -0.39 is 14.2 Å². The predicted octanol–water partition coefficient (Wildman–Crippen LogP) is 3.24. The molecule has 22 heavy (non-hydrogen) atoms. The molecule has 6 heteroatoms. The van der Waals surface area contributed by atoms with Crippen LogP contribution in [-0.4, -0.2) is 40.7 Å². The number of rotatable bonds is 10. The quantitative estimate of drug-likeness (QED) is 0.407. The summed E-state index contributed by atoms with van der Waals surface area (Å²) in [6.07, 6.45) is -0.438. The van der Waals surface area contributed by atoms with Gasteiger partial charge >= 0.3 is 6.09 Å². The lowest BCUT2D eigenvalue weighted by Crippen LogP contribution is -2.28. The van der Waals surface area contributed by atoms with Crippen LogP contribution in [0.2, 0.25) is 25.7 Å². The first-order valence-electron chi connectivity index (χ1n) is 7.57. The molecule has 1 aromatic carbocycles. The standard InChI is InChI=1S/C16H27NO4Si/c1-22(2,3)12-11-20-14-19-10-9-17-16(18)21-13-15-7-5-4-6-8-15/h4-8H,9-14H2,1-3H3,(H,17,18). The van der Waals surface area contributed by atoms with E-state index in [2.05, 4.69) is 25.0 Å². The number of hydrogen-bond acceptors (Lipinski definition) is 4. The maximum atomic E-state index is 11.4. The number of benzene rings is 1. The highest BCUT2D eigenvalue weighted by atomic mass is 28.3. The van der Waals surface area contributed by atoms with Gasteiger partial charge in [0.25, 0.3) is 0 Å². The van der Waals surface area contributed by atoms with Crippen molar-refractivity contribution in [3.05, 3.63) is 35.9 Å². The number of hydrogen-bond donors (Lipinski definition) is 1. The van der Waals surface area contributed by atoms with Crippen molar-refractivity contribution in [2.45, 2.75) is 32.3 Å². The monoisotopic (exact) mass is 325 g/mol.